The highest BCUT2D eigenvalue weighted by atomic mass is 16.3. The molecule has 0 bridgehead atoms. The topological polar surface area (TPSA) is 20.2 Å². The van der Waals surface area contributed by atoms with Crippen molar-refractivity contribution < 1.29 is 5.11 Å². The molecule has 86 valence electrons. The molecule has 0 unspecified atom stereocenters. The molecule has 0 heterocycles. The van der Waals surface area contributed by atoms with E-state index in [-0.39, 0.29) is 0 Å². The zero-order valence-electron chi connectivity index (χ0n) is 10.1. The molecule has 16 heavy (non-hydrogen) atoms. The third-order valence-corrected chi connectivity index (χ3v) is 2.07. The number of allylic oxidation sites excluding steroid dienone is 6. The van der Waals surface area contributed by atoms with Crippen LogP contribution in [0.3, 0.4) is 0 Å². The lowest BCUT2D eigenvalue weighted by molar-refractivity contribution is 0.254. The van der Waals surface area contributed by atoms with Crippen molar-refractivity contribution >= 4 is 0 Å². The van der Waals surface area contributed by atoms with Crippen molar-refractivity contribution in [3.05, 3.63) is 72.9 Å². The molecule has 0 aliphatic heterocycles. The SMILES string of the molecule is C=C/C(=C\C=C/C)C(O)/C(C=C)=C/C=C\C. The van der Waals surface area contributed by atoms with Crippen LogP contribution in [0, 0.1) is 0 Å². The van der Waals surface area contributed by atoms with Crippen molar-refractivity contribution in [2.45, 2.75) is 20.0 Å². The zero-order valence-corrected chi connectivity index (χ0v) is 10.1. The van der Waals surface area contributed by atoms with Crippen molar-refractivity contribution in [3.63, 3.8) is 0 Å². The molecule has 0 spiro atoms. The summed E-state index contributed by atoms with van der Waals surface area (Å²) < 4.78 is 0. The highest BCUT2D eigenvalue weighted by Crippen LogP contribution is 2.14. The summed E-state index contributed by atoms with van der Waals surface area (Å²) in [5.41, 5.74) is 1.52. The predicted octanol–water partition coefficient (Wildman–Crippen LogP) is 3.72. The second-order valence-corrected chi connectivity index (χ2v) is 3.20. The van der Waals surface area contributed by atoms with E-state index in [2.05, 4.69) is 13.2 Å². The van der Waals surface area contributed by atoms with Gasteiger partial charge in [-0.05, 0) is 25.0 Å². The fourth-order valence-corrected chi connectivity index (χ4v) is 1.15. The Morgan fingerprint density at radius 2 is 1.31 bits per heavy atom. The van der Waals surface area contributed by atoms with Gasteiger partial charge in [-0.2, -0.15) is 0 Å². The lowest BCUT2D eigenvalue weighted by Crippen LogP contribution is -2.10. The van der Waals surface area contributed by atoms with Crippen LogP contribution in [0.15, 0.2) is 72.9 Å². The molecule has 1 nitrogen and oxygen atoms in total. The first-order valence-electron chi connectivity index (χ1n) is 5.29. The Balaban J connectivity index is 5.04. The molecule has 0 aromatic heterocycles. The summed E-state index contributed by atoms with van der Waals surface area (Å²) >= 11 is 0. The van der Waals surface area contributed by atoms with Gasteiger partial charge >= 0.3 is 0 Å². The van der Waals surface area contributed by atoms with Crippen LogP contribution in [0.5, 0.6) is 0 Å². The highest BCUT2D eigenvalue weighted by molar-refractivity contribution is 5.38. The van der Waals surface area contributed by atoms with Gasteiger partial charge in [-0.3, -0.25) is 0 Å². The maximum Gasteiger partial charge on any atom is 0.104 e. The average molecular weight is 216 g/mol. The van der Waals surface area contributed by atoms with E-state index >= 15 is 0 Å². The van der Waals surface area contributed by atoms with E-state index < -0.39 is 6.10 Å². The van der Waals surface area contributed by atoms with Gasteiger partial charge in [-0.1, -0.05) is 61.8 Å². The molecule has 0 aromatic rings. The monoisotopic (exact) mass is 216 g/mol. The van der Waals surface area contributed by atoms with Gasteiger partial charge in [0.25, 0.3) is 0 Å². The van der Waals surface area contributed by atoms with E-state index in [4.69, 9.17) is 0 Å². The van der Waals surface area contributed by atoms with Gasteiger partial charge in [-0.25, -0.2) is 0 Å². The first-order valence-corrected chi connectivity index (χ1v) is 5.29. The number of aliphatic hydroxyl groups excluding tert-OH is 1. The van der Waals surface area contributed by atoms with Gasteiger partial charge in [-0.15, -0.1) is 0 Å². The van der Waals surface area contributed by atoms with Crippen LogP contribution in [0.1, 0.15) is 13.8 Å². The van der Waals surface area contributed by atoms with Crippen molar-refractivity contribution in [3.8, 4) is 0 Å². The first kappa shape index (κ1) is 14.4. The minimum atomic E-state index is -0.678. The normalized spacial score (nSPS) is 15.7. The third-order valence-electron chi connectivity index (χ3n) is 2.07. The largest absolute Gasteiger partial charge is 0.384 e. The van der Waals surface area contributed by atoms with Crippen LogP contribution in [0.4, 0.5) is 0 Å². The molecule has 0 radical (unpaired) electrons. The smallest absolute Gasteiger partial charge is 0.104 e. The van der Waals surface area contributed by atoms with Gasteiger partial charge in [0.1, 0.15) is 6.10 Å². The van der Waals surface area contributed by atoms with Crippen LogP contribution >= 0.6 is 0 Å². The van der Waals surface area contributed by atoms with Gasteiger partial charge in [0.2, 0.25) is 0 Å². The van der Waals surface area contributed by atoms with Gasteiger partial charge in [0, 0.05) is 0 Å². The quantitative estimate of drug-likeness (QED) is 0.671. The second kappa shape index (κ2) is 8.69. The number of aliphatic hydroxyl groups is 1. The van der Waals surface area contributed by atoms with E-state index in [1.54, 1.807) is 12.2 Å². The molecule has 0 saturated carbocycles. The van der Waals surface area contributed by atoms with E-state index in [1.165, 1.54) is 0 Å². The fourth-order valence-electron chi connectivity index (χ4n) is 1.15. The summed E-state index contributed by atoms with van der Waals surface area (Å²) in [6, 6.07) is 0. The van der Waals surface area contributed by atoms with E-state index in [9.17, 15) is 5.11 Å². The second-order valence-electron chi connectivity index (χ2n) is 3.20. The fraction of sp³-hybridized carbons (Fsp3) is 0.200. The molecule has 0 rings (SSSR count). The van der Waals surface area contributed by atoms with Crippen molar-refractivity contribution in [2.75, 3.05) is 0 Å². The van der Waals surface area contributed by atoms with Crippen LogP contribution in [0.25, 0.3) is 0 Å². The molecule has 0 fully saturated rings. The minimum absolute atomic E-state index is 0.678. The van der Waals surface area contributed by atoms with Gasteiger partial charge in [0.05, 0.1) is 0 Å². The Bertz CT molecular complexity index is 306. The Hall–Kier alpha value is -1.60. The van der Waals surface area contributed by atoms with E-state index in [1.807, 2.05) is 50.3 Å². The number of hydrogen-bond acceptors (Lipinski definition) is 1. The summed E-state index contributed by atoms with van der Waals surface area (Å²) in [6.07, 6.45) is 13.8. The molecule has 0 aliphatic carbocycles. The highest BCUT2D eigenvalue weighted by Gasteiger charge is 2.09. The van der Waals surface area contributed by atoms with Crippen molar-refractivity contribution in [1.29, 1.82) is 0 Å². The van der Waals surface area contributed by atoms with Crippen LogP contribution in [0.2, 0.25) is 0 Å². The lowest BCUT2D eigenvalue weighted by atomic mass is 10.0. The van der Waals surface area contributed by atoms with Crippen LogP contribution in [-0.4, -0.2) is 11.2 Å². The summed E-state index contributed by atoms with van der Waals surface area (Å²) in [6.45, 7) is 11.2. The standard InChI is InChI=1S/C15H20O/c1-5-9-11-13(7-3)15(16)14(8-4)12-10-6-2/h5-12,15-16H,3-4H2,1-2H3/b9-5-,10-6-,13-11+,14-12+. The molecular formula is C15H20O. The maximum atomic E-state index is 10.1. The Morgan fingerprint density at radius 1 is 0.938 bits per heavy atom. The molecule has 1 N–H and O–H groups in total. The average Bonchev–Trinajstić information content (AvgIpc) is 2.31. The summed E-state index contributed by atoms with van der Waals surface area (Å²) in [4.78, 5) is 0. The molecular weight excluding hydrogens is 196 g/mol. The molecule has 0 amide bonds. The predicted molar refractivity (Wildman–Crippen MR) is 72.2 cm³/mol. The van der Waals surface area contributed by atoms with Crippen LogP contribution < -0.4 is 0 Å². The summed E-state index contributed by atoms with van der Waals surface area (Å²) in [5.74, 6) is 0. The molecule has 0 aromatic carbocycles. The minimum Gasteiger partial charge on any atom is -0.384 e. The van der Waals surface area contributed by atoms with E-state index in [0.717, 1.165) is 11.1 Å². The lowest BCUT2D eigenvalue weighted by Gasteiger charge is -2.12. The Kier molecular flexibility index (Phi) is 7.82. The Labute approximate surface area is 98.5 Å². The third kappa shape index (κ3) is 4.76. The Morgan fingerprint density at radius 3 is 1.56 bits per heavy atom. The van der Waals surface area contributed by atoms with Gasteiger partial charge in [0.15, 0.2) is 0 Å². The first-order chi connectivity index (χ1) is 7.71. The molecule has 0 saturated heterocycles. The summed E-state index contributed by atoms with van der Waals surface area (Å²) in [7, 11) is 0. The molecule has 1 heteroatoms. The maximum absolute atomic E-state index is 10.1. The zero-order chi connectivity index (χ0) is 12.4. The van der Waals surface area contributed by atoms with Crippen molar-refractivity contribution in [1.82, 2.24) is 0 Å². The molecule has 0 aliphatic rings. The number of rotatable bonds is 6. The van der Waals surface area contributed by atoms with Gasteiger partial charge < -0.3 is 5.11 Å². The molecule has 0 atom stereocenters. The van der Waals surface area contributed by atoms with Crippen molar-refractivity contribution in [2.24, 2.45) is 0 Å². The summed E-state index contributed by atoms with van der Waals surface area (Å²) in [5, 5.41) is 10.1. The number of hydrogen-bond donors (Lipinski definition) is 1. The van der Waals surface area contributed by atoms with Crippen LogP contribution in [-0.2, 0) is 0 Å². The van der Waals surface area contributed by atoms with E-state index in [0.29, 0.717) is 0 Å².